The maximum absolute atomic E-state index is 13.5. The molecule has 0 aliphatic rings. The zero-order valence-electron chi connectivity index (χ0n) is 13.6. The number of halogens is 1. The Morgan fingerprint density at radius 1 is 1.26 bits per heavy atom. The summed E-state index contributed by atoms with van der Waals surface area (Å²) in [5.74, 6) is 0.158. The maximum atomic E-state index is 13.5. The van der Waals surface area contributed by atoms with Crippen molar-refractivity contribution in [3.8, 4) is 5.75 Å². The van der Waals surface area contributed by atoms with Gasteiger partial charge in [-0.05, 0) is 43.3 Å². The van der Waals surface area contributed by atoms with Crippen LogP contribution in [-0.2, 0) is 11.3 Å². The Bertz CT molecular complexity index is 688. The number of rotatable bonds is 6. The number of hydrogen-bond acceptors (Lipinski definition) is 3. The second-order valence-electron chi connectivity index (χ2n) is 5.50. The van der Waals surface area contributed by atoms with E-state index in [1.807, 2.05) is 37.1 Å². The minimum Gasteiger partial charge on any atom is -0.496 e. The number of para-hydroxylation sites is 1. The predicted octanol–water partition coefficient (Wildman–Crippen LogP) is 3.21. The summed E-state index contributed by atoms with van der Waals surface area (Å²) in [6, 6.07) is 12.0. The molecular weight excluding hydrogens is 295 g/mol. The lowest BCUT2D eigenvalue weighted by Crippen LogP contribution is -2.30. The summed E-state index contributed by atoms with van der Waals surface area (Å²) in [6.45, 7) is 2.78. The Hall–Kier alpha value is -2.40. The highest BCUT2D eigenvalue weighted by Gasteiger charge is 2.10. The first kappa shape index (κ1) is 17.0. The van der Waals surface area contributed by atoms with E-state index >= 15 is 0 Å². The zero-order chi connectivity index (χ0) is 16.8. The smallest absolute Gasteiger partial charge is 0.238 e. The Morgan fingerprint density at radius 3 is 2.65 bits per heavy atom. The number of likely N-dealkylation sites (N-methyl/N-ethyl adjacent to an activating group) is 1. The standard InChI is InChI=1S/C18H21FN2O2/c1-13-10-14(8-9-17(13)23-3)11-21(2)12-18(22)20-16-7-5-4-6-15(16)19/h4-10H,11-12H2,1-3H3,(H,20,22). The van der Waals surface area contributed by atoms with Crippen molar-refractivity contribution >= 4 is 11.6 Å². The van der Waals surface area contributed by atoms with Gasteiger partial charge >= 0.3 is 0 Å². The van der Waals surface area contributed by atoms with Gasteiger partial charge in [0.05, 0.1) is 19.3 Å². The molecule has 23 heavy (non-hydrogen) atoms. The number of nitrogens with one attached hydrogen (secondary N) is 1. The first-order valence-electron chi connectivity index (χ1n) is 7.36. The number of anilines is 1. The van der Waals surface area contributed by atoms with E-state index < -0.39 is 5.82 Å². The fourth-order valence-electron chi connectivity index (χ4n) is 2.40. The van der Waals surface area contributed by atoms with Gasteiger partial charge in [-0.15, -0.1) is 0 Å². The number of methoxy groups -OCH3 is 1. The molecule has 1 amide bonds. The molecule has 0 unspecified atom stereocenters. The van der Waals surface area contributed by atoms with Crippen LogP contribution in [0.25, 0.3) is 0 Å². The van der Waals surface area contributed by atoms with E-state index in [0.717, 1.165) is 16.9 Å². The predicted molar refractivity (Wildman–Crippen MR) is 89.1 cm³/mol. The van der Waals surface area contributed by atoms with Gasteiger partial charge in [0.15, 0.2) is 0 Å². The van der Waals surface area contributed by atoms with Gasteiger partial charge in [-0.25, -0.2) is 4.39 Å². The normalized spacial score (nSPS) is 10.7. The van der Waals surface area contributed by atoms with Crippen LogP contribution in [0.15, 0.2) is 42.5 Å². The molecule has 0 saturated carbocycles. The number of aryl methyl sites for hydroxylation is 1. The average Bonchev–Trinajstić information content (AvgIpc) is 2.49. The van der Waals surface area contributed by atoms with E-state index in [2.05, 4.69) is 5.32 Å². The molecule has 0 aromatic heterocycles. The van der Waals surface area contributed by atoms with Crippen molar-refractivity contribution < 1.29 is 13.9 Å². The second-order valence-corrected chi connectivity index (χ2v) is 5.50. The summed E-state index contributed by atoms with van der Waals surface area (Å²) in [5.41, 5.74) is 2.34. The molecule has 0 fully saturated rings. The molecule has 4 nitrogen and oxygen atoms in total. The average molecular weight is 316 g/mol. The first-order chi connectivity index (χ1) is 11.0. The highest BCUT2D eigenvalue weighted by molar-refractivity contribution is 5.92. The van der Waals surface area contributed by atoms with E-state index in [1.54, 1.807) is 25.3 Å². The lowest BCUT2D eigenvalue weighted by atomic mass is 10.1. The monoisotopic (exact) mass is 316 g/mol. The van der Waals surface area contributed by atoms with Gasteiger partial charge in [0, 0.05) is 6.54 Å². The molecule has 0 aliphatic carbocycles. The van der Waals surface area contributed by atoms with Gasteiger partial charge in [-0.2, -0.15) is 0 Å². The van der Waals surface area contributed by atoms with Crippen molar-refractivity contribution in [1.82, 2.24) is 4.90 Å². The van der Waals surface area contributed by atoms with Crippen LogP contribution >= 0.6 is 0 Å². The molecule has 2 aromatic rings. The molecule has 0 atom stereocenters. The van der Waals surface area contributed by atoms with E-state index in [-0.39, 0.29) is 18.1 Å². The van der Waals surface area contributed by atoms with Crippen LogP contribution < -0.4 is 10.1 Å². The molecule has 2 aromatic carbocycles. The molecule has 1 N–H and O–H groups in total. The summed E-state index contributed by atoms with van der Waals surface area (Å²) in [5, 5.41) is 2.58. The molecule has 0 spiro atoms. The lowest BCUT2D eigenvalue weighted by Gasteiger charge is -2.17. The van der Waals surface area contributed by atoms with Gasteiger partial charge in [0.25, 0.3) is 0 Å². The molecule has 122 valence electrons. The number of ether oxygens (including phenoxy) is 1. The van der Waals surface area contributed by atoms with Gasteiger partial charge in [0.1, 0.15) is 11.6 Å². The number of carbonyl (C=O) groups is 1. The minimum absolute atomic E-state index is 0.180. The van der Waals surface area contributed by atoms with Crippen LogP contribution in [0.2, 0.25) is 0 Å². The fourth-order valence-corrected chi connectivity index (χ4v) is 2.40. The van der Waals surface area contributed by atoms with Crippen molar-refractivity contribution in [2.45, 2.75) is 13.5 Å². The van der Waals surface area contributed by atoms with Gasteiger partial charge in [-0.1, -0.05) is 24.3 Å². The van der Waals surface area contributed by atoms with Crippen LogP contribution in [0.1, 0.15) is 11.1 Å². The molecule has 5 heteroatoms. The summed E-state index contributed by atoms with van der Waals surface area (Å²) >= 11 is 0. The van der Waals surface area contributed by atoms with Crippen LogP contribution in [-0.4, -0.2) is 31.5 Å². The summed E-state index contributed by atoms with van der Waals surface area (Å²) < 4.78 is 18.7. The zero-order valence-corrected chi connectivity index (χ0v) is 13.6. The number of amides is 1. The Morgan fingerprint density at radius 2 is 2.00 bits per heavy atom. The SMILES string of the molecule is COc1ccc(CN(C)CC(=O)Nc2ccccc2F)cc1C. The van der Waals surface area contributed by atoms with Crippen molar-refractivity contribution in [1.29, 1.82) is 0 Å². The van der Waals surface area contributed by atoms with Gasteiger partial charge < -0.3 is 10.1 Å². The minimum atomic E-state index is -0.436. The molecule has 0 aliphatic heterocycles. The Kier molecular flexibility index (Phi) is 5.71. The summed E-state index contributed by atoms with van der Waals surface area (Å²) in [4.78, 5) is 13.9. The summed E-state index contributed by atoms with van der Waals surface area (Å²) in [7, 11) is 3.49. The lowest BCUT2D eigenvalue weighted by molar-refractivity contribution is -0.117. The molecule has 0 heterocycles. The molecular formula is C18H21FN2O2. The first-order valence-corrected chi connectivity index (χ1v) is 7.36. The van der Waals surface area contributed by atoms with E-state index in [9.17, 15) is 9.18 Å². The van der Waals surface area contributed by atoms with Crippen LogP contribution in [0.5, 0.6) is 5.75 Å². The van der Waals surface area contributed by atoms with Crippen molar-refractivity contribution in [2.75, 3.05) is 26.0 Å². The third-order valence-electron chi connectivity index (χ3n) is 3.47. The van der Waals surface area contributed by atoms with Crippen LogP contribution in [0.3, 0.4) is 0 Å². The van der Waals surface area contributed by atoms with Gasteiger partial charge in [-0.3, -0.25) is 9.69 Å². The summed E-state index contributed by atoms with van der Waals surface area (Å²) in [6.07, 6.45) is 0. The molecule has 0 saturated heterocycles. The third-order valence-corrected chi connectivity index (χ3v) is 3.47. The van der Waals surface area contributed by atoms with Crippen LogP contribution in [0, 0.1) is 12.7 Å². The highest BCUT2D eigenvalue weighted by atomic mass is 19.1. The molecule has 2 rings (SSSR count). The van der Waals surface area contributed by atoms with Gasteiger partial charge in [0.2, 0.25) is 5.91 Å². The second kappa shape index (κ2) is 7.74. The van der Waals surface area contributed by atoms with E-state index in [4.69, 9.17) is 4.74 Å². The number of benzene rings is 2. The number of carbonyl (C=O) groups excluding carboxylic acids is 1. The molecule has 0 bridgehead atoms. The fraction of sp³-hybridized carbons (Fsp3) is 0.278. The van der Waals surface area contributed by atoms with Crippen molar-refractivity contribution in [2.24, 2.45) is 0 Å². The maximum Gasteiger partial charge on any atom is 0.238 e. The quantitative estimate of drug-likeness (QED) is 0.890. The third kappa shape index (κ3) is 4.79. The van der Waals surface area contributed by atoms with E-state index in [1.165, 1.54) is 6.07 Å². The van der Waals surface area contributed by atoms with Crippen molar-refractivity contribution in [3.63, 3.8) is 0 Å². The Balaban J connectivity index is 1.91. The largest absolute Gasteiger partial charge is 0.496 e. The number of hydrogen-bond donors (Lipinski definition) is 1. The van der Waals surface area contributed by atoms with Crippen LogP contribution in [0.4, 0.5) is 10.1 Å². The topological polar surface area (TPSA) is 41.6 Å². The molecule has 0 radical (unpaired) electrons. The number of nitrogens with zero attached hydrogens (tertiary/aromatic N) is 1. The van der Waals surface area contributed by atoms with E-state index in [0.29, 0.717) is 6.54 Å². The highest BCUT2D eigenvalue weighted by Crippen LogP contribution is 2.19. The van der Waals surface area contributed by atoms with Crippen molar-refractivity contribution in [3.05, 3.63) is 59.4 Å². The Labute approximate surface area is 135 Å².